The van der Waals surface area contributed by atoms with E-state index in [1.165, 1.54) is 4.68 Å². The molecule has 0 bridgehead atoms. The molecule has 0 aliphatic carbocycles. The smallest absolute Gasteiger partial charge is 0.342 e. The van der Waals surface area contributed by atoms with Gasteiger partial charge >= 0.3 is 6.18 Å². The van der Waals surface area contributed by atoms with Gasteiger partial charge in [0.05, 0.1) is 5.69 Å². The molecule has 6 nitrogen and oxygen atoms in total. The highest BCUT2D eigenvalue weighted by Crippen LogP contribution is 2.21. The largest absolute Gasteiger partial charge is 0.406 e. The minimum atomic E-state index is -4.44. The summed E-state index contributed by atoms with van der Waals surface area (Å²) in [6.07, 6.45) is -4.27. The highest BCUT2D eigenvalue weighted by atomic mass is 19.4. The molecule has 1 N–H and O–H groups in total. The maximum atomic E-state index is 12.4. The second-order valence-corrected chi connectivity index (χ2v) is 5.77. The van der Waals surface area contributed by atoms with Gasteiger partial charge in [-0.3, -0.25) is 14.3 Å². The summed E-state index contributed by atoms with van der Waals surface area (Å²) in [5, 5.41) is 6.72. The first-order valence-corrected chi connectivity index (χ1v) is 7.27. The number of hydrogen-bond acceptors (Lipinski definition) is 3. The number of rotatable bonds is 4. The first-order chi connectivity index (χ1) is 10.6. The molecule has 1 aromatic heterocycles. The third-order valence-corrected chi connectivity index (χ3v) is 3.78. The molecule has 2 rings (SSSR count). The van der Waals surface area contributed by atoms with Crippen LogP contribution in [-0.2, 0) is 9.59 Å². The molecule has 0 saturated carbocycles. The number of amides is 2. The van der Waals surface area contributed by atoms with Crippen LogP contribution in [0.4, 0.5) is 13.2 Å². The van der Waals surface area contributed by atoms with E-state index in [0.29, 0.717) is 0 Å². The number of hydrogen-bond donors (Lipinski definition) is 1. The van der Waals surface area contributed by atoms with E-state index in [0.717, 1.165) is 16.3 Å². The lowest BCUT2D eigenvalue weighted by Crippen LogP contribution is -2.45. The van der Waals surface area contributed by atoms with Crippen LogP contribution in [-0.4, -0.2) is 51.8 Å². The van der Waals surface area contributed by atoms with Gasteiger partial charge in [0.25, 0.3) is 0 Å². The highest BCUT2D eigenvalue weighted by Gasteiger charge is 2.40. The van der Waals surface area contributed by atoms with Crippen LogP contribution >= 0.6 is 0 Å². The molecule has 0 aromatic carbocycles. The van der Waals surface area contributed by atoms with Crippen molar-refractivity contribution in [2.75, 3.05) is 13.1 Å². The number of aromatic nitrogens is 2. The normalized spacial score (nSPS) is 20.0. The third kappa shape index (κ3) is 4.02. The van der Waals surface area contributed by atoms with Crippen molar-refractivity contribution >= 4 is 11.8 Å². The number of nitrogens with zero attached hydrogens (tertiary/aromatic N) is 3. The molecule has 23 heavy (non-hydrogen) atoms. The van der Waals surface area contributed by atoms with E-state index in [2.05, 4.69) is 10.4 Å². The zero-order valence-electron chi connectivity index (χ0n) is 13.1. The highest BCUT2D eigenvalue weighted by molar-refractivity contribution is 5.90. The summed E-state index contributed by atoms with van der Waals surface area (Å²) >= 11 is 0. The Morgan fingerprint density at radius 2 is 2.13 bits per heavy atom. The molecule has 1 saturated heterocycles. The summed E-state index contributed by atoms with van der Waals surface area (Å²) in [5.41, 5.74) is 1.55. The number of halogens is 3. The number of nitrogens with one attached hydrogen (secondary N) is 1. The Balaban J connectivity index is 1.98. The molecule has 1 aromatic rings. The molecule has 0 spiro atoms. The van der Waals surface area contributed by atoms with E-state index in [1.54, 1.807) is 20.8 Å². The van der Waals surface area contributed by atoms with Gasteiger partial charge in [-0.15, -0.1) is 0 Å². The fourth-order valence-electron chi connectivity index (χ4n) is 2.69. The van der Waals surface area contributed by atoms with Crippen molar-refractivity contribution < 1.29 is 22.8 Å². The van der Waals surface area contributed by atoms with Gasteiger partial charge in [0.1, 0.15) is 18.6 Å². The van der Waals surface area contributed by atoms with Crippen LogP contribution in [0, 0.1) is 13.8 Å². The molecule has 2 heterocycles. The van der Waals surface area contributed by atoms with Crippen molar-refractivity contribution in [3.63, 3.8) is 0 Å². The quantitative estimate of drug-likeness (QED) is 0.905. The monoisotopic (exact) mass is 332 g/mol. The van der Waals surface area contributed by atoms with Crippen molar-refractivity contribution in [2.24, 2.45) is 0 Å². The van der Waals surface area contributed by atoms with Crippen LogP contribution < -0.4 is 5.32 Å². The van der Waals surface area contributed by atoms with Gasteiger partial charge < -0.3 is 10.2 Å². The lowest BCUT2D eigenvalue weighted by molar-refractivity contribution is -0.158. The summed E-state index contributed by atoms with van der Waals surface area (Å²) < 4.78 is 38.6. The first kappa shape index (κ1) is 17.3. The number of carbonyl (C=O) groups is 2. The van der Waals surface area contributed by atoms with E-state index in [-0.39, 0.29) is 13.0 Å². The second-order valence-electron chi connectivity index (χ2n) is 5.77. The molecule has 9 heteroatoms. The van der Waals surface area contributed by atoms with Crippen molar-refractivity contribution in [1.29, 1.82) is 0 Å². The second kappa shape index (κ2) is 6.21. The standard InChI is InChI=1S/C14H19F3N4O2/c1-8-6-9(2)21(19-8)10(3)12(22)18-11-4-5-20(13(11)23)7-14(15,16)17/h6,10-11H,4-5,7H2,1-3H3,(H,18,22)/t10-,11-/m0/s1. The van der Waals surface area contributed by atoms with Gasteiger partial charge in [-0.2, -0.15) is 18.3 Å². The predicted octanol–water partition coefficient (Wildman–Crippen LogP) is 1.34. The third-order valence-electron chi connectivity index (χ3n) is 3.78. The number of aryl methyl sites for hydroxylation is 2. The Morgan fingerprint density at radius 1 is 1.48 bits per heavy atom. The van der Waals surface area contributed by atoms with Crippen LogP contribution in [0.25, 0.3) is 0 Å². The molecule has 0 radical (unpaired) electrons. The molecule has 0 unspecified atom stereocenters. The van der Waals surface area contributed by atoms with Crippen LogP contribution in [0.1, 0.15) is 30.8 Å². The van der Waals surface area contributed by atoms with E-state index in [4.69, 9.17) is 0 Å². The Morgan fingerprint density at radius 3 is 2.65 bits per heavy atom. The molecule has 2 atom stereocenters. The van der Waals surface area contributed by atoms with Crippen molar-refractivity contribution in [3.8, 4) is 0 Å². The van der Waals surface area contributed by atoms with Crippen molar-refractivity contribution in [2.45, 2.75) is 45.5 Å². The Kier molecular flexibility index (Phi) is 4.67. The minimum absolute atomic E-state index is 0.0163. The van der Waals surface area contributed by atoms with Crippen LogP contribution in [0.15, 0.2) is 6.07 Å². The lowest BCUT2D eigenvalue weighted by atomic mass is 10.2. The average molecular weight is 332 g/mol. The van der Waals surface area contributed by atoms with Gasteiger partial charge in [-0.1, -0.05) is 0 Å². The lowest BCUT2D eigenvalue weighted by Gasteiger charge is -2.20. The van der Waals surface area contributed by atoms with Gasteiger partial charge in [-0.05, 0) is 33.3 Å². The summed E-state index contributed by atoms with van der Waals surface area (Å²) in [6, 6.07) is 0.257. The molecule has 1 aliphatic rings. The number of alkyl halides is 3. The fourth-order valence-corrected chi connectivity index (χ4v) is 2.69. The van der Waals surface area contributed by atoms with Crippen LogP contribution in [0.2, 0.25) is 0 Å². The first-order valence-electron chi connectivity index (χ1n) is 7.27. The van der Waals surface area contributed by atoms with Gasteiger partial charge in [-0.25, -0.2) is 0 Å². The van der Waals surface area contributed by atoms with E-state index in [1.807, 2.05) is 6.07 Å². The molecule has 128 valence electrons. The zero-order chi connectivity index (χ0) is 17.4. The fraction of sp³-hybridized carbons (Fsp3) is 0.643. The average Bonchev–Trinajstić information content (AvgIpc) is 2.92. The van der Waals surface area contributed by atoms with E-state index < -0.39 is 36.6 Å². The van der Waals surface area contributed by atoms with E-state index >= 15 is 0 Å². The molecule has 1 aliphatic heterocycles. The van der Waals surface area contributed by atoms with Crippen molar-refractivity contribution in [3.05, 3.63) is 17.5 Å². The van der Waals surface area contributed by atoms with Gasteiger partial charge in [0.2, 0.25) is 11.8 Å². The number of likely N-dealkylation sites (tertiary alicyclic amines) is 1. The summed E-state index contributed by atoms with van der Waals surface area (Å²) in [7, 11) is 0. The maximum absolute atomic E-state index is 12.4. The SMILES string of the molecule is Cc1cc(C)n([C@@H](C)C(=O)N[C@H]2CCN(CC(F)(F)F)C2=O)n1. The Bertz CT molecular complexity index is 612. The summed E-state index contributed by atoms with van der Waals surface area (Å²) in [5.74, 6) is -1.14. The molecular weight excluding hydrogens is 313 g/mol. The van der Waals surface area contributed by atoms with Crippen LogP contribution in [0.5, 0.6) is 0 Å². The molecular formula is C14H19F3N4O2. The topological polar surface area (TPSA) is 67.2 Å². The Hall–Kier alpha value is -2.06. The summed E-state index contributed by atoms with van der Waals surface area (Å²) in [6.45, 7) is 3.92. The zero-order valence-corrected chi connectivity index (χ0v) is 13.1. The van der Waals surface area contributed by atoms with Gasteiger partial charge in [0, 0.05) is 12.2 Å². The Labute approximate surface area is 131 Å². The predicted molar refractivity (Wildman–Crippen MR) is 75.6 cm³/mol. The molecule has 2 amide bonds. The van der Waals surface area contributed by atoms with Crippen molar-refractivity contribution in [1.82, 2.24) is 20.0 Å². The minimum Gasteiger partial charge on any atom is -0.342 e. The van der Waals surface area contributed by atoms with Gasteiger partial charge in [0.15, 0.2) is 0 Å². The van der Waals surface area contributed by atoms with E-state index in [9.17, 15) is 22.8 Å². The molecule has 1 fully saturated rings. The number of carbonyl (C=O) groups excluding carboxylic acids is 2. The maximum Gasteiger partial charge on any atom is 0.406 e. The van der Waals surface area contributed by atoms with Crippen LogP contribution in [0.3, 0.4) is 0 Å². The summed E-state index contributed by atoms with van der Waals surface area (Å²) in [4.78, 5) is 24.9.